The Morgan fingerprint density at radius 3 is 2.75 bits per heavy atom. The minimum absolute atomic E-state index is 0.209. The van der Waals surface area contributed by atoms with Crippen LogP contribution in [-0.2, 0) is 6.54 Å². The van der Waals surface area contributed by atoms with Crippen LogP contribution in [0.15, 0.2) is 12.4 Å². The van der Waals surface area contributed by atoms with Crippen LogP contribution in [0.5, 0.6) is 5.75 Å². The van der Waals surface area contributed by atoms with E-state index in [2.05, 4.69) is 20.4 Å². The summed E-state index contributed by atoms with van der Waals surface area (Å²) in [5.74, 6) is 0.594. The Balaban J connectivity index is 2.20. The predicted octanol–water partition coefficient (Wildman–Crippen LogP) is 1.10. The average Bonchev–Trinajstić information content (AvgIpc) is 2.95. The minimum Gasteiger partial charge on any atom is -0.496 e. The molecular formula is C13H17N5O2. The molecule has 1 amide bonds. The van der Waals surface area contributed by atoms with E-state index in [1.807, 2.05) is 13.8 Å². The topological polar surface area (TPSA) is 84.0 Å². The van der Waals surface area contributed by atoms with Crippen molar-refractivity contribution in [3.63, 3.8) is 0 Å². The molecule has 0 bridgehead atoms. The van der Waals surface area contributed by atoms with Gasteiger partial charge in [0.15, 0.2) is 5.69 Å². The first-order chi connectivity index (χ1) is 9.54. The van der Waals surface area contributed by atoms with Crippen LogP contribution < -0.4 is 4.74 Å². The molecule has 1 N–H and O–H groups in total. The second-order valence-corrected chi connectivity index (χ2v) is 4.56. The molecule has 2 heterocycles. The van der Waals surface area contributed by atoms with Crippen LogP contribution >= 0.6 is 0 Å². The first-order valence-corrected chi connectivity index (χ1v) is 6.15. The summed E-state index contributed by atoms with van der Waals surface area (Å²) < 4.78 is 5.36. The van der Waals surface area contributed by atoms with E-state index in [1.54, 1.807) is 25.3 Å². The molecule has 0 spiro atoms. The molecule has 7 nitrogen and oxygen atoms in total. The van der Waals surface area contributed by atoms with Crippen LogP contribution in [0.1, 0.15) is 27.3 Å². The normalized spacial score (nSPS) is 10.4. The minimum atomic E-state index is -0.209. The Kier molecular flexibility index (Phi) is 3.97. The Morgan fingerprint density at radius 2 is 2.15 bits per heavy atom. The van der Waals surface area contributed by atoms with Crippen molar-refractivity contribution in [1.82, 2.24) is 25.3 Å². The van der Waals surface area contributed by atoms with Crippen LogP contribution in [0.2, 0.25) is 0 Å². The van der Waals surface area contributed by atoms with E-state index in [-0.39, 0.29) is 11.6 Å². The van der Waals surface area contributed by atoms with E-state index in [1.165, 1.54) is 6.20 Å². The number of aryl methyl sites for hydroxylation is 1. The lowest BCUT2D eigenvalue weighted by atomic mass is 10.1. The third-order valence-electron chi connectivity index (χ3n) is 3.12. The Bertz CT molecular complexity index is 609. The summed E-state index contributed by atoms with van der Waals surface area (Å²) in [4.78, 5) is 18.0. The Labute approximate surface area is 117 Å². The van der Waals surface area contributed by atoms with Crippen LogP contribution in [0.3, 0.4) is 0 Å². The van der Waals surface area contributed by atoms with Gasteiger partial charge in [-0.3, -0.25) is 9.78 Å². The summed E-state index contributed by atoms with van der Waals surface area (Å²) in [7, 11) is 3.33. The molecule has 2 aromatic rings. The fourth-order valence-corrected chi connectivity index (χ4v) is 2.03. The van der Waals surface area contributed by atoms with Gasteiger partial charge in [-0.2, -0.15) is 15.4 Å². The van der Waals surface area contributed by atoms with Crippen molar-refractivity contribution in [1.29, 1.82) is 0 Å². The van der Waals surface area contributed by atoms with Crippen molar-refractivity contribution >= 4 is 5.91 Å². The molecule has 106 valence electrons. The van der Waals surface area contributed by atoms with Gasteiger partial charge in [-0.1, -0.05) is 0 Å². The maximum Gasteiger partial charge on any atom is 0.276 e. The predicted molar refractivity (Wildman–Crippen MR) is 72.4 cm³/mol. The van der Waals surface area contributed by atoms with Crippen molar-refractivity contribution < 1.29 is 9.53 Å². The highest BCUT2D eigenvalue weighted by Gasteiger charge is 2.17. The molecule has 0 fully saturated rings. The standard InChI is InChI=1S/C13H17N5O2/c1-8-5-14-11(9(2)12(8)20-4)7-18(3)13(19)10-6-15-17-16-10/h5-6H,7H2,1-4H3,(H,15,16,17). The lowest BCUT2D eigenvalue weighted by Crippen LogP contribution is -2.27. The number of methoxy groups -OCH3 is 1. The number of pyridine rings is 1. The number of hydrogen-bond donors (Lipinski definition) is 1. The van der Waals surface area contributed by atoms with Gasteiger partial charge in [0.2, 0.25) is 0 Å². The summed E-state index contributed by atoms with van der Waals surface area (Å²) >= 11 is 0. The zero-order valence-corrected chi connectivity index (χ0v) is 12.0. The molecule has 0 atom stereocenters. The molecule has 0 radical (unpaired) electrons. The molecule has 2 aromatic heterocycles. The number of H-pyrrole nitrogens is 1. The second-order valence-electron chi connectivity index (χ2n) is 4.56. The second kappa shape index (κ2) is 5.68. The third kappa shape index (κ3) is 2.61. The van der Waals surface area contributed by atoms with E-state index in [0.717, 1.165) is 22.6 Å². The van der Waals surface area contributed by atoms with Crippen molar-refractivity contribution in [2.75, 3.05) is 14.2 Å². The average molecular weight is 275 g/mol. The van der Waals surface area contributed by atoms with Gasteiger partial charge in [0.25, 0.3) is 5.91 Å². The fourth-order valence-electron chi connectivity index (χ4n) is 2.03. The van der Waals surface area contributed by atoms with Crippen LogP contribution in [0.4, 0.5) is 0 Å². The number of rotatable bonds is 4. The van der Waals surface area contributed by atoms with Crippen molar-refractivity contribution in [2.45, 2.75) is 20.4 Å². The van der Waals surface area contributed by atoms with Gasteiger partial charge in [0, 0.05) is 24.4 Å². The molecule has 0 aromatic carbocycles. The molecule has 0 saturated carbocycles. The van der Waals surface area contributed by atoms with Crippen molar-refractivity contribution in [3.8, 4) is 5.75 Å². The highest BCUT2D eigenvalue weighted by Crippen LogP contribution is 2.24. The molecule has 0 aliphatic carbocycles. The van der Waals surface area contributed by atoms with E-state index in [4.69, 9.17) is 4.74 Å². The van der Waals surface area contributed by atoms with Crippen molar-refractivity contribution in [3.05, 3.63) is 34.9 Å². The quantitative estimate of drug-likeness (QED) is 0.903. The van der Waals surface area contributed by atoms with E-state index >= 15 is 0 Å². The number of amides is 1. The first-order valence-electron chi connectivity index (χ1n) is 6.15. The number of hydrogen-bond acceptors (Lipinski definition) is 5. The maximum atomic E-state index is 12.1. The molecular weight excluding hydrogens is 258 g/mol. The summed E-state index contributed by atoms with van der Waals surface area (Å²) in [5.41, 5.74) is 2.99. The van der Waals surface area contributed by atoms with E-state index in [0.29, 0.717) is 6.54 Å². The number of carbonyl (C=O) groups is 1. The maximum absolute atomic E-state index is 12.1. The van der Waals surface area contributed by atoms with Crippen LogP contribution in [0.25, 0.3) is 0 Å². The van der Waals surface area contributed by atoms with Crippen LogP contribution in [-0.4, -0.2) is 45.4 Å². The van der Waals surface area contributed by atoms with Gasteiger partial charge in [0.1, 0.15) is 5.75 Å². The van der Waals surface area contributed by atoms with Crippen molar-refractivity contribution in [2.24, 2.45) is 0 Å². The van der Waals surface area contributed by atoms with Gasteiger partial charge in [-0.15, -0.1) is 0 Å². The van der Waals surface area contributed by atoms with Crippen LogP contribution in [0, 0.1) is 13.8 Å². The van der Waals surface area contributed by atoms with Gasteiger partial charge in [-0.25, -0.2) is 0 Å². The molecule has 0 unspecified atom stereocenters. The fraction of sp³-hybridized carbons (Fsp3) is 0.385. The highest BCUT2D eigenvalue weighted by atomic mass is 16.5. The molecule has 0 aliphatic heterocycles. The monoisotopic (exact) mass is 275 g/mol. The first kappa shape index (κ1) is 14.0. The van der Waals surface area contributed by atoms with Gasteiger partial charge >= 0.3 is 0 Å². The molecule has 0 aliphatic rings. The lowest BCUT2D eigenvalue weighted by molar-refractivity contribution is 0.0777. The van der Waals surface area contributed by atoms with E-state index in [9.17, 15) is 4.79 Å². The summed E-state index contributed by atoms with van der Waals surface area (Å²) in [5, 5.41) is 9.83. The summed E-state index contributed by atoms with van der Waals surface area (Å²) in [6, 6.07) is 0. The number of nitrogens with zero attached hydrogens (tertiary/aromatic N) is 4. The molecule has 20 heavy (non-hydrogen) atoms. The number of ether oxygens (including phenoxy) is 1. The largest absolute Gasteiger partial charge is 0.496 e. The number of carbonyl (C=O) groups excluding carboxylic acids is 1. The van der Waals surface area contributed by atoms with Gasteiger partial charge in [-0.05, 0) is 13.8 Å². The lowest BCUT2D eigenvalue weighted by Gasteiger charge is -2.18. The molecule has 2 rings (SSSR count). The number of aromatic nitrogens is 4. The highest BCUT2D eigenvalue weighted by molar-refractivity contribution is 5.91. The number of nitrogens with one attached hydrogen (secondary N) is 1. The van der Waals surface area contributed by atoms with Gasteiger partial charge < -0.3 is 9.64 Å². The number of aromatic amines is 1. The molecule has 7 heteroatoms. The summed E-state index contributed by atoms with van der Waals surface area (Å²) in [6.45, 7) is 4.25. The molecule has 0 saturated heterocycles. The smallest absolute Gasteiger partial charge is 0.276 e. The van der Waals surface area contributed by atoms with E-state index < -0.39 is 0 Å². The summed E-state index contributed by atoms with van der Waals surface area (Å²) in [6.07, 6.45) is 3.14. The zero-order valence-electron chi connectivity index (χ0n) is 12.0. The Morgan fingerprint density at radius 1 is 1.40 bits per heavy atom. The Hall–Kier alpha value is -2.44. The SMILES string of the molecule is COc1c(C)cnc(CN(C)C(=O)c2cn[nH]n2)c1C. The third-order valence-corrected chi connectivity index (χ3v) is 3.12. The van der Waals surface area contributed by atoms with Gasteiger partial charge in [0.05, 0.1) is 25.5 Å². The zero-order chi connectivity index (χ0) is 14.7.